The van der Waals surface area contributed by atoms with E-state index in [0.29, 0.717) is 63.0 Å². The lowest BCUT2D eigenvalue weighted by atomic mass is 9.43. The predicted molar refractivity (Wildman–Crippen MR) is 188 cm³/mol. The number of amides is 2. The normalized spacial score (nSPS) is 28.5. The minimum atomic E-state index is -3.71. The summed E-state index contributed by atoms with van der Waals surface area (Å²) in [5.74, 6) is 0.233. The number of carbonyl (C=O) groups is 2. The summed E-state index contributed by atoms with van der Waals surface area (Å²) in [6, 6.07) is 7.61. The zero-order chi connectivity index (χ0) is 35.0. The number of aryl methyl sites for hydroxylation is 1. The summed E-state index contributed by atoms with van der Waals surface area (Å²) < 4.78 is 44.0. The van der Waals surface area contributed by atoms with Crippen LogP contribution in [0.25, 0.3) is 0 Å². The minimum absolute atomic E-state index is 0.0398. The molecule has 2 amide bonds. The van der Waals surface area contributed by atoms with Crippen LogP contribution in [0.3, 0.4) is 0 Å². The Balaban J connectivity index is 1.18. The highest BCUT2D eigenvalue weighted by atomic mass is 32.2. The van der Waals surface area contributed by atoms with Crippen molar-refractivity contribution in [2.24, 2.45) is 17.3 Å². The summed E-state index contributed by atoms with van der Waals surface area (Å²) in [6.45, 7) is 9.72. The van der Waals surface area contributed by atoms with Crippen LogP contribution in [-0.2, 0) is 41.9 Å². The molecule has 5 aliphatic rings. The van der Waals surface area contributed by atoms with Gasteiger partial charge in [0.2, 0.25) is 21.8 Å². The van der Waals surface area contributed by atoms with E-state index in [2.05, 4.69) is 35.8 Å². The lowest BCUT2D eigenvalue weighted by Crippen LogP contribution is -2.65. The van der Waals surface area contributed by atoms with E-state index in [9.17, 15) is 18.0 Å². The fourth-order valence-electron chi connectivity index (χ4n) is 8.78. The molecule has 0 radical (unpaired) electrons. The van der Waals surface area contributed by atoms with Crippen LogP contribution >= 0.6 is 0 Å². The lowest BCUT2D eigenvalue weighted by Gasteiger charge is -2.64. The second-order valence-electron chi connectivity index (χ2n) is 15.3. The number of hydrogen-bond acceptors (Lipinski definition) is 8. The minimum Gasteiger partial charge on any atom is -0.404 e. The van der Waals surface area contributed by atoms with Gasteiger partial charge in [0.1, 0.15) is 12.1 Å². The van der Waals surface area contributed by atoms with E-state index in [1.165, 1.54) is 0 Å². The van der Waals surface area contributed by atoms with Gasteiger partial charge in [-0.1, -0.05) is 57.5 Å². The van der Waals surface area contributed by atoms with Crippen molar-refractivity contribution in [3.63, 3.8) is 0 Å². The number of nitrogen functional groups attached to an aromatic ring is 1. The van der Waals surface area contributed by atoms with Crippen LogP contribution in [0.5, 0.6) is 0 Å². The number of aromatic nitrogens is 2. The third kappa shape index (κ3) is 7.43. The van der Waals surface area contributed by atoms with Crippen molar-refractivity contribution in [3.05, 3.63) is 48.3 Å². The van der Waals surface area contributed by atoms with Gasteiger partial charge in [0, 0.05) is 25.5 Å². The number of hydrogen-bond donors (Lipinski definition) is 3. The number of carbonyl (C=O) groups excluding carboxylic acids is 2. The van der Waals surface area contributed by atoms with Gasteiger partial charge in [0.15, 0.2) is 5.95 Å². The molecular weight excluding hydrogens is 643 g/mol. The Morgan fingerprint density at radius 3 is 2.63 bits per heavy atom. The van der Waals surface area contributed by atoms with Crippen molar-refractivity contribution in [3.8, 4) is 0 Å². The van der Waals surface area contributed by atoms with Gasteiger partial charge in [0.05, 0.1) is 23.4 Å². The number of unbranched alkanes of at least 4 members (excludes halogenated alkanes) is 1. The highest BCUT2D eigenvalue weighted by molar-refractivity contribution is 7.89. The molecule has 2 bridgehead atoms. The standard InChI is InChI=1S/C35H53BN6O6S/c1-5-6-20-49(45,46)40-26(21-24-12-8-7-9-13-24)32(44)42-18-10-14-27(42)31(43)39-30(15-11-17-41-19-16-38-33(41)37)36-47-29-23-25-22-28(34(25,2)3)35(29,4)48-36/h7-9,12-13,16,19,25-30,40H,5-6,10-11,14-15,17-18,20-23H2,1-4H3,(H2,37,38)(H,39,43)/t25?,26-,27+,28?,29-,30+,35+/m1/s1. The molecule has 3 heterocycles. The van der Waals surface area contributed by atoms with Gasteiger partial charge >= 0.3 is 7.12 Å². The molecule has 12 nitrogen and oxygen atoms in total. The number of rotatable bonds is 15. The molecule has 1 aromatic heterocycles. The van der Waals surface area contributed by atoms with Crippen molar-refractivity contribution < 1.29 is 27.3 Å². The first-order valence-corrected chi connectivity index (χ1v) is 19.7. The van der Waals surface area contributed by atoms with E-state index in [1.807, 2.05) is 48.0 Å². The summed E-state index contributed by atoms with van der Waals surface area (Å²) in [4.78, 5) is 34.0. The molecule has 3 aliphatic carbocycles. The van der Waals surface area contributed by atoms with Crippen LogP contribution in [-0.4, -0.2) is 83.8 Å². The predicted octanol–water partition coefficient (Wildman–Crippen LogP) is 3.32. The summed E-state index contributed by atoms with van der Waals surface area (Å²) in [7, 11) is -4.34. The molecule has 2 unspecified atom stereocenters. The van der Waals surface area contributed by atoms with Gasteiger partial charge < -0.3 is 29.8 Å². The molecule has 49 heavy (non-hydrogen) atoms. The van der Waals surface area contributed by atoms with Crippen LogP contribution in [0.15, 0.2) is 42.7 Å². The molecule has 0 spiro atoms. The zero-order valence-corrected chi connectivity index (χ0v) is 30.2. The quantitative estimate of drug-likeness (QED) is 0.240. The molecule has 2 aliphatic heterocycles. The van der Waals surface area contributed by atoms with E-state index in [1.54, 1.807) is 11.1 Å². The first kappa shape index (κ1) is 35.9. The maximum Gasteiger partial charge on any atom is 0.481 e. The maximum absolute atomic E-state index is 14.2. The van der Waals surface area contributed by atoms with Crippen molar-refractivity contribution in [1.29, 1.82) is 0 Å². The number of likely N-dealkylation sites (tertiary alicyclic amines) is 1. The molecule has 2 saturated heterocycles. The van der Waals surface area contributed by atoms with Crippen LogP contribution < -0.4 is 15.8 Å². The lowest BCUT2D eigenvalue weighted by molar-refractivity contribution is -0.199. The maximum atomic E-state index is 14.2. The fourth-order valence-corrected chi connectivity index (χ4v) is 10.2. The largest absolute Gasteiger partial charge is 0.481 e. The Morgan fingerprint density at radius 2 is 1.94 bits per heavy atom. The Morgan fingerprint density at radius 1 is 1.16 bits per heavy atom. The van der Waals surface area contributed by atoms with Gasteiger partial charge in [-0.25, -0.2) is 18.1 Å². The van der Waals surface area contributed by atoms with Gasteiger partial charge in [-0.2, -0.15) is 0 Å². The Labute approximate surface area is 291 Å². The van der Waals surface area contributed by atoms with Gasteiger partial charge in [-0.05, 0) is 81.1 Å². The Bertz CT molecular complexity index is 1590. The van der Waals surface area contributed by atoms with Crippen LogP contribution in [0, 0.1) is 17.3 Å². The number of nitrogens with two attached hydrogens (primary N) is 1. The van der Waals surface area contributed by atoms with E-state index in [-0.39, 0.29) is 35.5 Å². The molecule has 3 saturated carbocycles. The fraction of sp³-hybridized carbons (Fsp3) is 0.686. The summed E-state index contributed by atoms with van der Waals surface area (Å²) in [5.41, 5.74) is 6.60. The number of sulfonamides is 1. The third-order valence-corrected chi connectivity index (χ3v) is 13.3. The number of nitrogens with zero attached hydrogens (tertiary/aromatic N) is 3. The smallest absolute Gasteiger partial charge is 0.404 e. The van der Waals surface area contributed by atoms with E-state index in [4.69, 9.17) is 15.0 Å². The number of benzene rings is 1. The zero-order valence-electron chi connectivity index (χ0n) is 29.3. The van der Waals surface area contributed by atoms with Crippen molar-refractivity contribution >= 4 is 34.9 Å². The summed E-state index contributed by atoms with van der Waals surface area (Å²) >= 11 is 0. The second-order valence-corrected chi connectivity index (χ2v) is 17.2. The van der Waals surface area contributed by atoms with Crippen LogP contribution in [0.4, 0.5) is 5.95 Å². The Kier molecular flexibility index (Phi) is 10.5. The third-order valence-electron chi connectivity index (χ3n) is 11.8. The van der Waals surface area contributed by atoms with Gasteiger partial charge in [-0.3, -0.25) is 9.59 Å². The topological polar surface area (TPSA) is 158 Å². The summed E-state index contributed by atoms with van der Waals surface area (Å²) in [5, 5.41) is 3.24. The monoisotopic (exact) mass is 696 g/mol. The van der Waals surface area contributed by atoms with E-state index >= 15 is 0 Å². The molecular formula is C35H53BN6O6S. The van der Waals surface area contributed by atoms with Crippen LogP contribution in [0.2, 0.25) is 0 Å². The summed E-state index contributed by atoms with van der Waals surface area (Å²) in [6.07, 6.45) is 9.32. The van der Waals surface area contributed by atoms with Gasteiger partial charge in [0.25, 0.3) is 0 Å². The average Bonchev–Trinajstić information content (AvgIpc) is 3.81. The van der Waals surface area contributed by atoms with Crippen molar-refractivity contribution in [2.45, 2.75) is 122 Å². The van der Waals surface area contributed by atoms with Crippen molar-refractivity contribution in [1.82, 2.24) is 24.5 Å². The van der Waals surface area contributed by atoms with E-state index in [0.717, 1.165) is 24.8 Å². The van der Waals surface area contributed by atoms with Gasteiger partial charge in [-0.15, -0.1) is 0 Å². The first-order chi connectivity index (χ1) is 23.3. The number of nitrogens with one attached hydrogen (secondary N) is 2. The molecule has 7 atom stereocenters. The molecule has 2 aromatic rings. The number of anilines is 1. The molecule has 268 valence electrons. The van der Waals surface area contributed by atoms with E-state index < -0.39 is 40.8 Å². The molecule has 5 fully saturated rings. The highest BCUT2D eigenvalue weighted by Gasteiger charge is 2.68. The van der Waals surface area contributed by atoms with Crippen LogP contribution in [0.1, 0.15) is 84.6 Å². The first-order valence-electron chi connectivity index (χ1n) is 18.1. The molecule has 1 aromatic carbocycles. The van der Waals surface area contributed by atoms with Crippen molar-refractivity contribution in [2.75, 3.05) is 18.0 Å². The molecule has 4 N–H and O–H groups in total. The molecule has 7 rings (SSSR count). The molecule has 14 heteroatoms. The second kappa shape index (κ2) is 14.4. The average molecular weight is 697 g/mol. The Hall–Kier alpha value is -2.94. The highest BCUT2D eigenvalue weighted by Crippen LogP contribution is 2.65. The number of imidazole rings is 1. The SMILES string of the molecule is CCCCS(=O)(=O)N[C@H](Cc1ccccc1)C(=O)N1CCC[C@H]1C(=O)N[C@@H](CCCn1ccnc1N)B1O[C@@H]2CC3CC(C3(C)C)[C@]2(C)O1.